The Hall–Kier alpha value is -2.75. The first-order valence-corrected chi connectivity index (χ1v) is 8.33. The molecule has 2 aromatic rings. The van der Waals surface area contributed by atoms with Gasteiger partial charge in [0.1, 0.15) is 5.69 Å². The molecule has 0 bridgehead atoms. The van der Waals surface area contributed by atoms with Crippen molar-refractivity contribution in [3.63, 3.8) is 0 Å². The quantitative estimate of drug-likeness (QED) is 0.869. The smallest absolute Gasteiger partial charge is 0.378 e. The van der Waals surface area contributed by atoms with Crippen LogP contribution in [0.5, 0.6) is 0 Å². The van der Waals surface area contributed by atoms with Crippen LogP contribution in [0.4, 0.5) is 13.2 Å². The molecule has 1 saturated heterocycles. The Labute approximate surface area is 152 Å². The number of aromatic nitrogens is 3. The largest absolute Gasteiger partial charge is 0.416 e. The van der Waals surface area contributed by atoms with Crippen molar-refractivity contribution in [3.05, 3.63) is 45.9 Å². The molecule has 0 unspecified atom stereocenters. The van der Waals surface area contributed by atoms with Crippen molar-refractivity contribution in [2.75, 3.05) is 26.3 Å². The van der Waals surface area contributed by atoms with Crippen LogP contribution in [0, 0.1) is 0 Å². The number of hydrogen-bond acceptors (Lipinski definition) is 5. The van der Waals surface area contributed by atoms with Gasteiger partial charge in [-0.15, -0.1) is 10.2 Å². The first-order valence-electron chi connectivity index (χ1n) is 8.33. The van der Waals surface area contributed by atoms with Crippen LogP contribution in [0.2, 0.25) is 0 Å². The molecule has 1 aromatic carbocycles. The standard InChI is InChI=1S/C17H17F3N4O3/c18-17(19,20)12-3-1-2-11(10-12)15-21-16(26)13(22-23-15)4-5-14(25)24-6-8-27-9-7-24/h1-3,10H,4-9H2,(H,21,23,26). The summed E-state index contributed by atoms with van der Waals surface area (Å²) in [6, 6.07) is 4.45. The Morgan fingerprint density at radius 1 is 1.22 bits per heavy atom. The van der Waals surface area contributed by atoms with E-state index in [9.17, 15) is 22.8 Å². The fourth-order valence-corrected chi connectivity index (χ4v) is 2.69. The van der Waals surface area contributed by atoms with E-state index in [2.05, 4.69) is 15.2 Å². The maximum absolute atomic E-state index is 12.8. The molecule has 3 rings (SSSR count). The highest BCUT2D eigenvalue weighted by molar-refractivity contribution is 5.76. The van der Waals surface area contributed by atoms with E-state index in [1.54, 1.807) is 4.90 Å². The Morgan fingerprint density at radius 2 is 1.96 bits per heavy atom. The van der Waals surface area contributed by atoms with E-state index >= 15 is 0 Å². The van der Waals surface area contributed by atoms with E-state index in [0.717, 1.165) is 12.1 Å². The van der Waals surface area contributed by atoms with Gasteiger partial charge in [0.25, 0.3) is 5.56 Å². The lowest BCUT2D eigenvalue weighted by Gasteiger charge is -2.26. The second kappa shape index (κ2) is 7.87. The van der Waals surface area contributed by atoms with Crippen LogP contribution in [0.25, 0.3) is 11.4 Å². The topological polar surface area (TPSA) is 88.2 Å². The third kappa shape index (κ3) is 4.70. The zero-order valence-corrected chi connectivity index (χ0v) is 14.3. The monoisotopic (exact) mass is 382 g/mol. The number of morpholine rings is 1. The van der Waals surface area contributed by atoms with Crippen LogP contribution in [0.1, 0.15) is 17.7 Å². The molecule has 1 amide bonds. The van der Waals surface area contributed by atoms with Crippen LogP contribution in [-0.2, 0) is 22.1 Å². The summed E-state index contributed by atoms with van der Waals surface area (Å²) in [5.74, 6) is -0.171. The Kier molecular flexibility index (Phi) is 5.54. The molecule has 1 aliphatic rings. The number of carbonyl (C=O) groups is 1. The Morgan fingerprint density at radius 3 is 2.63 bits per heavy atom. The number of aromatic amines is 1. The van der Waals surface area contributed by atoms with Gasteiger partial charge >= 0.3 is 6.18 Å². The van der Waals surface area contributed by atoms with Gasteiger partial charge in [0.15, 0.2) is 5.82 Å². The predicted octanol–water partition coefficient (Wildman–Crippen LogP) is 1.64. The molecule has 1 aromatic heterocycles. The molecular formula is C17H17F3N4O3. The van der Waals surface area contributed by atoms with Gasteiger partial charge in [-0.05, 0) is 12.1 Å². The van der Waals surface area contributed by atoms with E-state index in [1.165, 1.54) is 12.1 Å². The number of H-pyrrole nitrogens is 1. The van der Waals surface area contributed by atoms with Crippen LogP contribution < -0.4 is 5.56 Å². The van der Waals surface area contributed by atoms with Crippen LogP contribution >= 0.6 is 0 Å². The molecule has 0 spiro atoms. The van der Waals surface area contributed by atoms with Crippen LogP contribution in [0.3, 0.4) is 0 Å². The number of rotatable bonds is 4. The van der Waals surface area contributed by atoms with Crippen molar-refractivity contribution in [2.24, 2.45) is 0 Å². The molecule has 0 saturated carbocycles. The number of nitrogens with one attached hydrogen (secondary N) is 1. The van der Waals surface area contributed by atoms with Crippen molar-refractivity contribution in [3.8, 4) is 11.4 Å². The summed E-state index contributed by atoms with van der Waals surface area (Å²) in [5, 5.41) is 7.60. The van der Waals surface area contributed by atoms with Crippen molar-refractivity contribution < 1.29 is 22.7 Å². The Balaban J connectivity index is 1.71. The van der Waals surface area contributed by atoms with E-state index in [0.29, 0.717) is 26.3 Å². The Bertz CT molecular complexity index is 876. The zero-order chi connectivity index (χ0) is 19.4. The van der Waals surface area contributed by atoms with Crippen molar-refractivity contribution in [2.45, 2.75) is 19.0 Å². The molecular weight excluding hydrogens is 365 g/mol. The second-order valence-corrected chi connectivity index (χ2v) is 6.02. The average Bonchev–Trinajstić information content (AvgIpc) is 2.67. The van der Waals surface area contributed by atoms with Gasteiger partial charge < -0.3 is 14.6 Å². The molecule has 1 N–H and O–H groups in total. The van der Waals surface area contributed by atoms with Gasteiger partial charge in [-0.25, -0.2) is 0 Å². The summed E-state index contributed by atoms with van der Waals surface area (Å²) in [4.78, 5) is 28.4. The molecule has 0 aliphatic carbocycles. The lowest BCUT2D eigenvalue weighted by molar-refractivity contribution is -0.137. The third-order valence-corrected chi connectivity index (χ3v) is 4.17. The SMILES string of the molecule is O=C(CCc1nnc(-c2cccc(C(F)(F)F)c2)[nH]c1=O)N1CCOCC1. The predicted molar refractivity (Wildman–Crippen MR) is 88.8 cm³/mol. The zero-order valence-electron chi connectivity index (χ0n) is 14.3. The summed E-state index contributed by atoms with van der Waals surface area (Å²) in [6.45, 7) is 1.99. The van der Waals surface area contributed by atoms with Crippen LogP contribution in [-0.4, -0.2) is 52.3 Å². The number of hydrogen-bond donors (Lipinski definition) is 1. The van der Waals surface area contributed by atoms with Gasteiger partial charge in [0.05, 0.1) is 18.8 Å². The lowest BCUT2D eigenvalue weighted by Crippen LogP contribution is -2.41. The normalized spacial score (nSPS) is 15.0. The van der Waals surface area contributed by atoms with E-state index in [4.69, 9.17) is 4.74 Å². The molecule has 10 heteroatoms. The average molecular weight is 382 g/mol. The lowest BCUT2D eigenvalue weighted by atomic mass is 10.1. The highest BCUT2D eigenvalue weighted by Gasteiger charge is 2.30. The fraction of sp³-hybridized carbons (Fsp3) is 0.412. The van der Waals surface area contributed by atoms with E-state index in [-0.39, 0.29) is 35.8 Å². The number of carbonyl (C=O) groups excluding carboxylic acids is 1. The number of halogens is 3. The molecule has 2 heterocycles. The highest BCUT2D eigenvalue weighted by atomic mass is 19.4. The summed E-state index contributed by atoms with van der Waals surface area (Å²) >= 11 is 0. The van der Waals surface area contributed by atoms with Gasteiger partial charge in [-0.2, -0.15) is 13.2 Å². The summed E-state index contributed by atoms with van der Waals surface area (Å²) in [7, 11) is 0. The van der Waals surface area contributed by atoms with Crippen LogP contribution in [0.15, 0.2) is 29.1 Å². The molecule has 27 heavy (non-hydrogen) atoms. The summed E-state index contributed by atoms with van der Waals surface area (Å²) in [5.41, 5.74) is -1.26. The van der Waals surface area contributed by atoms with Gasteiger partial charge in [-0.3, -0.25) is 9.59 Å². The molecule has 1 aliphatic heterocycles. The number of alkyl halides is 3. The summed E-state index contributed by atoms with van der Waals surface area (Å²) in [6.07, 6.45) is -4.30. The first-order chi connectivity index (χ1) is 12.8. The number of nitrogens with zero attached hydrogens (tertiary/aromatic N) is 3. The summed E-state index contributed by atoms with van der Waals surface area (Å²) < 4.78 is 43.6. The van der Waals surface area contributed by atoms with E-state index in [1.807, 2.05) is 0 Å². The molecule has 0 radical (unpaired) electrons. The maximum Gasteiger partial charge on any atom is 0.416 e. The minimum absolute atomic E-state index is 0.0608. The van der Waals surface area contributed by atoms with Crippen molar-refractivity contribution >= 4 is 5.91 Å². The van der Waals surface area contributed by atoms with Gasteiger partial charge in [0, 0.05) is 31.5 Å². The molecule has 0 atom stereocenters. The van der Waals surface area contributed by atoms with Crippen molar-refractivity contribution in [1.29, 1.82) is 0 Å². The second-order valence-electron chi connectivity index (χ2n) is 6.02. The molecule has 7 nitrogen and oxygen atoms in total. The van der Waals surface area contributed by atoms with Gasteiger partial charge in [-0.1, -0.05) is 12.1 Å². The number of amides is 1. The number of benzene rings is 1. The van der Waals surface area contributed by atoms with E-state index < -0.39 is 17.3 Å². The molecule has 144 valence electrons. The number of aryl methyl sites for hydroxylation is 1. The fourth-order valence-electron chi connectivity index (χ4n) is 2.69. The first kappa shape index (κ1) is 19.0. The third-order valence-electron chi connectivity index (χ3n) is 4.17. The van der Waals surface area contributed by atoms with Crippen molar-refractivity contribution in [1.82, 2.24) is 20.1 Å². The minimum Gasteiger partial charge on any atom is -0.378 e. The minimum atomic E-state index is -4.50. The molecule has 1 fully saturated rings. The van der Waals surface area contributed by atoms with Gasteiger partial charge in [0.2, 0.25) is 5.91 Å². The highest BCUT2D eigenvalue weighted by Crippen LogP contribution is 2.31. The number of ether oxygens (including phenoxy) is 1. The maximum atomic E-state index is 12.8.